The Balaban J connectivity index is 1.67. The van der Waals surface area contributed by atoms with E-state index in [1.54, 1.807) is 23.2 Å². The van der Waals surface area contributed by atoms with Crippen LogP contribution in [0.3, 0.4) is 0 Å². The van der Waals surface area contributed by atoms with E-state index in [1.807, 2.05) is 44.2 Å². The number of ether oxygens (including phenoxy) is 1. The van der Waals surface area contributed by atoms with Crippen LogP contribution < -0.4 is 9.64 Å². The summed E-state index contributed by atoms with van der Waals surface area (Å²) in [6, 6.07) is 14.3. The number of aromatic carboxylic acids is 1. The van der Waals surface area contributed by atoms with Crippen LogP contribution in [-0.4, -0.2) is 28.0 Å². The molecule has 4 rings (SSSR count). The molecule has 0 unspecified atom stereocenters. The van der Waals surface area contributed by atoms with Gasteiger partial charge < -0.3 is 14.7 Å². The predicted molar refractivity (Wildman–Crippen MR) is 129 cm³/mol. The molecular formula is C27H30N2O4. The first-order chi connectivity index (χ1) is 15.8. The Morgan fingerprint density at radius 1 is 1.06 bits per heavy atom. The molecule has 1 amide bonds. The van der Waals surface area contributed by atoms with Crippen LogP contribution in [0.2, 0.25) is 0 Å². The number of pyridine rings is 1. The maximum atomic E-state index is 13.4. The maximum Gasteiger partial charge on any atom is 0.337 e. The minimum Gasteiger partial charge on any atom is -0.478 e. The summed E-state index contributed by atoms with van der Waals surface area (Å²) in [6.07, 6.45) is 5.41. The van der Waals surface area contributed by atoms with E-state index in [-0.39, 0.29) is 23.4 Å². The summed E-state index contributed by atoms with van der Waals surface area (Å²) in [5.74, 6) is 0.241. The van der Waals surface area contributed by atoms with Gasteiger partial charge in [-0.15, -0.1) is 0 Å². The summed E-state index contributed by atoms with van der Waals surface area (Å²) in [5.41, 5.74) is 0.443. The van der Waals surface area contributed by atoms with Crippen molar-refractivity contribution in [1.82, 2.24) is 4.98 Å². The number of hydrogen-bond donors (Lipinski definition) is 1. The zero-order valence-electron chi connectivity index (χ0n) is 19.3. The lowest BCUT2D eigenvalue weighted by Crippen LogP contribution is -2.42. The second-order valence-electron chi connectivity index (χ2n) is 9.18. The number of anilines is 1. The van der Waals surface area contributed by atoms with Gasteiger partial charge in [-0.25, -0.2) is 9.78 Å². The molecule has 6 nitrogen and oxygen atoms in total. The summed E-state index contributed by atoms with van der Waals surface area (Å²) >= 11 is 0. The smallest absolute Gasteiger partial charge is 0.337 e. The number of nitrogens with zero attached hydrogens (tertiary/aromatic N) is 2. The van der Waals surface area contributed by atoms with Crippen LogP contribution >= 0.6 is 0 Å². The second kappa shape index (κ2) is 9.61. The Bertz CT molecular complexity index is 1160. The van der Waals surface area contributed by atoms with Crippen molar-refractivity contribution < 1.29 is 19.4 Å². The van der Waals surface area contributed by atoms with Gasteiger partial charge in [-0.1, -0.05) is 25.1 Å². The molecule has 0 atom stereocenters. The lowest BCUT2D eigenvalue weighted by Gasteiger charge is -2.34. The number of benzene rings is 2. The quantitative estimate of drug-likeness (QED) is 0.481. The van der Waals surface area contributed by atoms with E-state index >= 15 is 0 Å². The van der Waals surface area contributed by atoms with Crippen molar-refractivity contribution in [3.63, 3.8) is 0 Å². The number of carbonyl (C=O) groups excluding carboxylic acids is 1. The first-order valence-electron chi connectivity index (χ1n) is 11.6. The first kappa shape index (κ1) is 22.8. The van der Waals surface area contributed by atoms with Gasteiger partial charge in [0.2, 0.25) is 11.8 Å². The normalized spacial score (nSPS) is 18.3. The Hall–Kier alpha value is -3.41. The minimum absolute atomic E-state index is 0.00351. The fourth-order valence-corrected chi connectivity index (χ4v) is 4.60. The number of carbonyl (C=O) groups is 2. The zero-order chi connectivity index (χ0) is 23.5. The standard InChI is InChI=1S/C27H30N2O4/c1-17(2)29(26(30)20-10-8-18(3)9-11-20)24-13-12-21(16-23(24)27(31)32)33-25-22-7-5-4-6-19(22)14-15-28-25/h4-7,12-18,20H,8-11H2,1-3H3,(H,31,32). The molecule has 6 heteroatoms. The van der Waals surface area contributed by atoms with Crippen LogP contribution in [0.25, 0.3) is 10.8 Å². The number of carboxylic acid groups (broad SMARTS) is 1. The van der Waals surface area contributed by atoms with Crippen LogP contribution in [0.4, 0.5) is 5.69 Å². The minimum atomic E-state index is -1.10. The van der Waals surface area contributed by atoms with Crippen molar-refractivity contribution in [3.05, 3.63) is 60.3 Å². The molecule has 1 aromatic heterocycles. The highest BCUT2D eigenvalue weighted by Crippen LogP contribution is 2.35. The molecule has 1 saturated carbocycles. The van der Waals surface area contributed by atoms with E-state index in [0.717, 1.165) is 36.5 Å². The van der Waals surface area contributed by atoms with Gasteiger partial charge in [0.25, 0.3) is 0 Å². The van der Waals surface area contributed by atoms with Gasteiger partial charge in [-0.2, -0.15) is 0 Å². The Kier molecular flexibility index (Phi) is 6.63. The highest BCUT2D eigenvalue weighted by atomic mass is 16.5. The maximum absolute atomic E-state index is 13.4. The van der Waals surface area contributed by atoms with E-state index in [2.05, 4.69) is 11.9 Å². The van der Waals surface area contributed by atoms with Gasteiger partial charge in [0.05, 0.1) is 11.3 Å². The SMILES string of the molecule is CC1CCC(C(=O)N(c2ccc(Oc3nccc4ccccc34)cc2C(=O)O)C(C)C)CC1. The second-order valence-corrected chi connectivity index (χ2v) is 9.18. The lowest BCUT2D eigenvalue weighted by molar-refractivity contribution is -0.123. The number of fused-ring (bicyclic) bond motifs is 1. The monoisotopic (exact) mass is 446 g/mol. The molecule has 33 heavy (non-hydrogen) atoms. The summed E-state index contributed by atoms with van der Waals surface area (Å²) < 4.78 is 5.99. The molecule has 0 aliphatic heterocycles. The fourth-order valence-electron chi connectivity index (χ4n) is 4.60. The molecule has 1 N–H and O–H groups in total. The van der Waals surface area contributed by atoms with Crippen molar-refractivity contribution in [2.24, 2.45) is 11.8 Å². The van der Waals surface area contributed by atoms with E-state index < -0.39 is 5.97 Å². The van der Waals surface area contributed by atoms with Crippen molar-refractivity contribution in [2.45, 2.75) is 52.5 Å². The van der Waals surface area contributed by atoms with E-state index in [4.69, 9.17) is 4.74 Å². The average Bonchev–Trinajstić information content (AvgIpc) is 2.80. The topological polar surface area (TPSA) is 79.7 Å². The van der Waals surface area contributed by atoms with Crippen LogP contribution in [0, 0.1) is 11.8 Å². The van der Waals surface area contributed by atoms with Crippen molar-refractivity contribution in [1.29, 1.82) is 0 Å². The van der Waals surface area contributed by atoms with Crippen LogP contribution in [0.15, 0.2) is 54.7 Å². The molecule has 0 spiro atoms. The molecule has 3 aromatic rings. The van der Waals surface area contributed by atoms with Crippen molar-refractivity contribution in [2.75, 3.05) is 4.90 Å². The highest BCUT2D eigenvalue weighted by molar-refractivity contribution is 6.03. The summed E-state index contributed by atoms with van der Waals surface area (Å²) in [4.78, 5) is 31.6. The third kappa shape index (κ3) is 4.85. The molecule has 1 aliphatic rings. The lowest BCUT2D eigenvalue weighted by atomic mass is 9.82. The number of amides is 1. The van der Waals surface area contributed by atoms with E-state index in [1.165, 1.54) is 6.07 Å². The molecule has 1 aliphatic carbocycles. The molecule has 172 valence electrons. The zero-order valence-corrected chi connectivity index (χ0v) is 19.3. The Morgan fingerprint density at radius 3 is 2.48 bits per heavy atom. The highest BCUT2D eigenvalue weighted by Gasteiger charge is 2.32. The van der Waals surface area contributed by atoms with Crippen molar-refractivity contribution >= 4 is 28.3 Å². The van der Waals surface area contributed by atoms with E-state index in [9.17, 15) is 14.7 Å². The third-order valence-electron chi connectivity index (χ3n) is 6.43. The van der Waals surface area contributed by atoms with Gasteiger partial charge in [0.15, 0.2) is 0 Å². The van der Waals surface area contributed by atoms with Crippen LogP contribution in [0.1, 0.15) is 56.8 Å². The van der Waals surface area contributed by atoms with Crippen LogP contribution in [0.5, 0.6) is 11.6 Å². The molecule has 0 saturated heterocycles. The average molecular weight is 447 g/mol. The first-order valence-corrected chi connectivity index (χ1v) is 11.6. The molecule has 0 radical (unpaired) electrons. The number of carboxylic acids is 1. The predicted octanol–water partition coefficient (Wildman–Crippen LogP) is 6.29. The van der Waals surface area contributed by atoms with Gasteiger partial charge in [-0.3, -0.25) is 4.79 Å². The molecular weight excluding hydrogens is 416 g/mol. The Labute approximate surface area is 194 Å². The summed E-state index contributed by atoms with van der Waals surface area (Å²) in [6.45, 7) is 6.05. The van der Waals surface area contributed by atoms with E-state index in [0.29, 0.717) is 23.2 Å². The number of aromatic nitrogens is 1. The number of rotatable bonds is 6. The van der Waals surface area contributed by atoms with Crippen LogP contribution in [-0.2, 0) is 4.79 Å². The molecule has 2 aromatic carbocycles. The molecule has 0 bridgehead atoms. The molecule has 1 heterocycles. The van der Waals surface area contributed by atoms with Gasteiger partial charge >= 0.3 is 5.97 Å². The summed E-state index contributed by atoms with van der Waals surface area (Å²) in [5, 5.41) is 11.8. The van der Waals surface area contributed by atoms with Crippen molar-refractivity contribution in [3.8, 4) is 11.6 Å². The fraction of sp³-hybridized carbons (Fsp3) is 0.370. The Morgan fingerprint density at radius 2 is 1.79 bits per heavy atom. The third-order valence-corrected chi connectivity index (χ3v) is 6.43. The molecule has 1 fully saturated rings. The number of hydrogen-bond acceptors (Lipinski definition) is 4. The largest absolute Gasteiger partial charge is 0.478 e. The van der Waals surface area contributed by atoms with Gasteiger partial charge in [0, 0.05) is 23.5 Å². The van der Waals surface area contributed by atoms with Gasteiger partial charge in [-0.05, 0) is 81.2 Å². The van der Waals surface area contributed by atoms with Gasteiger partial charge in [0.1, 0.15) is 5.75 Å². The summed E-state index contributed by atoms with van der Waals surface area (Å²) in [7, 11) is 0.